The highest BCUT2D eigenvalue weighted by Crippen LogP contribution is 2.21. The van der Waals surface area contributed by atoms with Crippen LogP contribution in [0.15, 0.2) is 41.6 Å². The number of rotatable bonds is 5. The van der Waals surface area contributed by atoms with Gasteiger partial charge in [-0.15, -0.1) is 0 Å². The number of aromatic nitrogens is 2. The number of nitrogens with zero attached hydrogens (tertiary/aromatic N) is 2. The molecule has 0 radical (unpaired) electrons. The van der Waals surface area contributed by atoms with Gasteiger partial charge in [-0.3, -0.25) is 9.40 Å². The van der Waals surface area contributed by atoms with Crippen molar-refractivity contribution in [2.24, 2.45) is 0 Å². The predicted octanol–water partition coefficient (Wildman–Crippen LogP) is 1.43. The molecule has 0 aliphatic carbocycles. The molecule has 1 aliphatic heterocycles. The molecule has 0 saturated carbocycles. The molecule has 1 saturated heterocycles. The summed E-state index contributed by atoms with van der Waals surface area (Å²) in [6.45, 7) is 1.25. The number of nitrogens with one attached hydrogen (secondary N) is 1. The van der Waals surface area contributed by atoms with Crippen LogP contribution in [0, 0.1) is 0 Å². The average molecular weight is 351 g/mol. The van der Waals surface area contributed by atoms with Crippen molar-refractivity contribution in [3.63, 3.8) is 0 Å². The molecule has 2 heterocycles. The summed E-state index contributed by atoms with van der Waals surface area (Å²) in [6, 6.07) is 5.63. The van der Waals surface area contributed by atoms with Crippen LogP contribution in [0.4, 0.5) is 5.69 Å². The normalized spacial score (nSPS) is 17.6. The Morgan fingerprint density at radius 1 is 1.38 bits per heavy atom. The van der Waals surface area contributed by atoms with Gasteiger partial charge in [0.05, 0.1) is 42.1 Å². The molecule has 9 heteroatoms. The van der Waals surface area contributed by atoms with Gasteiger partial charge in [-0.25, -0.2) is 13.2 Å². The fraction of sp³-hybridized carbons (Fsp3) is 0.333. The third-order valence-corrected chi connectivity index (χ3v) is 5.12. The lowest BCUT2D eigenvalue weighted by Crippen LogP contribution is -2.13. The first-order chi connectivity index (χ1) is 11.5. The summed E-state index contributed by atoms with van der Waals surface area (Å²) < 4.78 is 38.8. The molecule has 1 N–H and O–H groups in total. The molecule has 128 valence electrons. The number of hydrogen-bond acceptors (Lipinski definition) is 6. The first-order valence-electron chi connectivity index (χ1n) is 7.33. The zero-order chi connectivity index (χ0) is 17.2. The maximum absolute atomic E-state index is 12.4. The summed E-state index contributed by atoms with van der Waals surface area (Å²) in [4.78, 5) is 11.4. The van der Waals surface area contributed by atoms with Crippen LogP contribution in [0.3, 0.4) is 0 Å². The second kappa shape index (κ2) is 6.62. The van der Waals surface area contributed by atoms with Gasteiger partial charge in [-0.05, 0) is 30.7 Å². The molecule has 0 unspecified atom stereocenters. The van der Waals surface area contributed by atoms with Gasteiger partial charge in [-0.1, -0.05) is 0 Å². The third kappa shape index (κ3) is 3.41. The van der Waals surface area contributed by atoms with E-state index >= 15 is 0 Å². The van der Waals surface area contributed by atoms with E-state index in [1.165, 1.54) is 37.6 Å². The summed E-state index contributed by atoms with van der Waals surface area (Å²) in [5.74, 6) is -0.521. The fourth-order valence-electron chi connectivity index (χ4n) is 2.42. The Hall–Kier alpha value is -2.39. The molecule has 1 aliphatic rings. The molecule has 1 fully saturated rings. The molecule has 24 heavy (non-hydrogen) atoms. The third-order valence-electron chi connectivity index (χ3n) is 3.72. The van der Waals surface area contributed by atoms with Gasteiger partial charge in [0.25, 0.3) is 10.0 Å². The van der Waals surface area contributed by atoms with Crippen molar-refractivity contribution in [3.05, 3.63) is 42.2 Å². The van der Waals surface area contributed by atoms with Gasteiger partial charge >= 0.3 is 5.97 Å². The smallest absolute Gasteiger partial charge is 0.337 e. The number of anilines is 1. The maximum Gasteiger partial charge on any atom is 0.337 e. The van der Waals surface area contributed by atoms with Crippen LogP contribution < -0.4 is 4.72 Å². The lowest BCUT2D eigenvalue weighted by Gasteiger charge is -2.08. The lowest BCUT2D eigenvalue weighted by atomic mass is 10.2. The second-order valence-electron chi connectivity index (χ2n) is 5.35. The number of carbonyl (C=O) groups is 1. The van der Waals surface area contributed by atoms with Gasteiger partial charge in [0, 0.05) is 12.8 Å². The molecule has 2 aromatic rings. The van der Waals surface area contributed by atoms with Crippen molar-refractivity contribution >= 4 is 21.7 Å². The maximum atomic E-state index is 12.4. The number of esters is 1. The van der Waals surface area contributed by atoms with Crippen LogP contribution in [0.25, 0.3) is 0 Å². The number of hydrogen-bond donors (Lipinski definition) is 1. The summed E-state index contributed by atoms with van der Waals surface area (Å²) in [5.41, 5.74) is 0.657. The Kier molecular flexibility index (Phi) is 4.54. The summed E-state index contributed by atoms with van der Waals surface area (Å²) in [7, 11) is -2.49. The van der Waals surface area contributed by atoms with E-state index in [1.807, 2.05) is 0 Å². The van der Waals surface area contributed by atoms with Crippen molar-refractivity contribution in [1.29, 1.82) is 0 Å². The highest BCUT2D eigenvalue weighted by Gasteiger charge is 2.20. The van der Waals surface area contributed by atoms with Crippen molar-refractivity contribution in [2.45, 2.75) is 17.4 Å². The highest BCUT2D eigenvalue weighted by molar-refractivity contribution is 7.92. The Balaban J connectivity index is 1.75. The molecule has 0 amide bonds. The van der Waals surface area contributed by atoms with Crippen LogP contribution in [-0.4, -0.2) is 44.5 Å². The molecule has 3 rings (SSSR count). The SMILES string of the molecule is COC(=O)c1ccc(S(=O)(=O)Nc2cnn([C@H]3CCOC3)c2)cc1. The number of ether oxygens (including phenoxy) is 2. The van der Waals surface area contributed by atoms with E-state index in [4.69, 9.17) is 4.74 Å². The number of carbonyl (C=O) groups excluding carboxylic acids is 1. The van der Waals surface area contributed by atoms with Gasteiger partial charge in [0.15, 0.2) is 0 Å². The van der Waals surface area contributed by atoms with Crippen molar-refractivity contribution < 1.29 is 22.7 Å². The molecule has 1 atom stereocenters. The molecule has 1 aromatic carbocycles. The quantitative estimate of drug-likeness (QED) is 0.818. The van der Waals surface area contributed by atoms with Crippen LogP contribution in [0.5, 0.6) is 0 Å². The number of methoxy groups -OCH3 is 1. The van der Waals surface area contributed by atoms with Crippen molar-refractivity contribution in [3.8, 4) is 0 Å². The van der Waals surface area contributed by atoms with E-state index < -0.39 is 16.0 Å². The molecule has 1 aromatic heterocycles. The van der Waals surface area contributed by atoms with Gasteiger partial charge in [-0.2, -0.15) is 5.10 Å². The minimum absolute atomic E-state index is 0.0482. The average Bonchev–Trinajstić information content (AvgIpc) is 3.25. The predicted molar refractivity (Wildman–Crippen MR) is 85.3 cm³/mol. The lowest BCUT2D eigenvalue weighted by molar-refractivity contribution is 0.0600. The van der Waals surface area contributed by atoms with E-state index in [1.54, 1.807) is 10.9 Å². The van der Waals surface area contributed by atoms with Crippen molar-refractivity contribution in [2.75, 3.05) is 25.0 Å². The fourth-order valence-corrected chi connectivity index (χ4v) is 3.45. The Morgan fingerprint density at radius 3 is 2.75 bits per heavy atom. The number of sulfonamides is 1. The molecule has 0 spiro atoms. The minimum Gasteiger partial charge on any atom is -0.465 e. The van der Waals surface area contributed by atoms with Gasteiger partial charge in [0.1, 0.15) is 0 Å². The summed E-state index contributed by atoms with van der Waals surface area (Å²) in [6.07, 6.45) is 3.95. The zero-order valence-corrected chi connectivity index (χ0v) is 13.8. The minimum atomic E-state index is -3.76. The molecular formula is C15H17N3O5S. The van der Waals surface area contributed by atoms with Crippen LogP contribution in [-0.2, 0) is 19.5 Å². The van der Waals surface area contributed by atoms with Crippen LogP contribution >= 0.6 is 0 Å². The Labute approximate surface area is 139 Å². The Bertz CT molecular complexity index is 823. The monoisotopic (exact) mass is 351 g/mol. The first kappa shape index (κ1) is 16.5. The van der Waals surface area contributed by atoms with Crippen LogP contribution in [0.1, 0.15) is 22.8 Å². The van der Waals surface area contributed by atoms with E-state index in [2.05, 4.69) is 14.6 Å². The molecule has 0 bridgehead atoms. The van der Waals surface area contributed by atoms with E-state index in [9.17, 15) is 13.2 Å². The second-order valence-corrected chi connectivity index (χ2v) is 7.03. The van der Waals surface area contributed by atoms with E-state index in [0.29, 0.717) is 18.9 Å². The first-order valence-corrected chi connectivity index (χ1v) is 8.81. The summed E-state index contributed by atoms with van der Waals surface area (Å²) in [5, 5.41) is 4.17. The molecular weight excluding hydrogens is 334 g/mol. The summed E-state index contributed by atoms with van der Waals surface area (Å²) >= 11 is 0. The zero-order valence-electron chi connectivity index (χ0n) is 13.0. The molecule has 8 nitrogen and oxygen atoms in total. The van der Waals surface area contributed by atoms with Crippen molar-refractivity contribution in [1.82, 2.24) is 9.78 Å². The number of benzene rings is 1. The van der Waals surface area contributed by atoms with Gasteiger partial charge in [0.2, 0.25) is 0 Å². The van der Waals surface area contributed by atoms with E-state index in [-0.39, 0.29) is 16.5 Å². The van der Waals surface area contributed by atoms with E-state index in [0.717, 1.165) is 6.42 Å². The largest absolute Gasteiger partial charge is 0.465 e. The Morgan fingerprint density at radius 2 is 2.12 bits per heavy atom. The van der Waals surface area contributed by atoms with Gasteiger partial charge < -0.3 is 9.47 Å². The van der Waals surface area contributed by atoms with Crippen LogP contribution in [0.2, 0.25) is 0 Å². The highest BCUT2D eigenvalue weighted by atomic mass is 32.2. The standard InChI is InChI=1S/C15H17N3O5S/c1-22-15(19)11-2-4-14(5-3-11)24(20,21)17-12-8-16-18(9-12)13-6-7-23-10-13/h2-5,8-9,13,17H,6-7,10H2,1H3/t13-/m0/s1. The topological polar surface area (TPSA) is 99.5 Å².